The standard InChI is InChI=1S/C15H31NO3/c1-13(2,3)16-8-15(6,7)12(19-11-16)18-10-14(4,5)9-17/h12,17H,8-11H2,1-7H3. The molecule has 1 N–H and O–H groups in total. The van der Waals surface area contributed by atoms with E-state index < -0.39 is 0 Å². The average Bonchev–Trinajstić information content (AvgIpc) is 2.25. The number of hydrogen-bond donors (Lipinski definition) is 1. The summed E-state index contributed by atoms with van der Waals surface area (Å²) in [5, 5.41) is 9.27. The van der Waals surface area contributed by atoms with E-state index in [-0.39, 0.29) is 29.3 Å². The van der Waals surface area contributed by atoms with Gasteiger partial charge in [-0.1, -0.05) is 27.7 Å². The molecule has 1 unspecified atom stereocenters. The van der Waals surface area contributed by atoms with Gasteiger partial charge in [0.25, 0.3) is 0 Å². The smallest absolute Gasteiger partial charge is 0.165 e. The van der Waals surface area contributed by atoms with Gasteiger partial charge in [0.1, 0.15) is 6.73 Å². The molecule has 0 aromatic rings. The van der Waals surface area contributed by atoms with Gasteiger partial charge in [-0.25, -0.2) is 0 Å². The second-order valence-corrected chi connectivity index (χ2v) is 8.12. The van der Waals surface area contributed by atoms with Crippen LogP contribution >= 0.6 is 0 Å². The summed E-state index contributed by atoms with van der Waals surface area (Å²) in [6.07, 6.45) is -0.211. The number of rotatable bonds is 4. The minimum Gasteiger partial charge on any atom is -0.396 e. The molecule has 1 atom stereocenters. The summed E-state index contributed by atoms with van der Waals surface area (Å²) < 4.78 is 11.8. The third-order valence-electron chi connectivity index (χ3n) is 3.62. The molecule has 1 aliphatic rings. The summed E-state index contributed by atoms with van der Waals surface area (Å²) in [4.78, 5) is 2.32. The van der Waals surface area contributed by atoms with Crippen molar-refractivity contribution < 1.29 is 14.6 Å². The maximum absolute atomic E-state index is 9.27. The molecule has 1 fully saturated rings. The fourth-order valence-corrected chi connectivity index (χ4v) is 2.05. The Morgan fingerprint density at radius 2 is 1.84 bits per heavy atom. The van der Waals surface area contributed by atoms with E-state index >= 15 is 0 Å². The molecule has 0 saturated carbocycles. The molecule has 1 saturated heterocycles. The highest BCUT2D eigenvalue weighted by Gasteiger charge is 2.41. The SMILES string of the molecule is CC(C)(CO)COC1OCN(C(C)(C)C)CC1(C)C. The molecule has 114 valence electrons. The average molecular weight is 273 g/mol. The third kappa shape index (κ3) is 4.71. The molecule has 0 radical (unpaired) electrons. The molecule has 0 spiro atoms. The fourth-order valence-electron chi connectivity index (χ4n) is 2.05. The molecule has 19 heavy (non-hydrogen) atoms. The topological polar surface area (TPSA) is 41.9 Å². The van der Waals surface area contributed by atoms with E-state index in [1.54, 1.807) is 0 Å². The molecule has 4 nitrogen and oxygen atoms in total. The molecule has 0 bridgehead atoms. The van der Waals surface area contributed by atoms with Crippen LogP contribution in [0.3, 0.4) is 0 Å². The monoisotopic (exact) mass is 273 g/mol. The lowest BCUT2D eigenvalue weighted by atomic mass is 9.88. The zero-order valence-electron chi connectivity index (χ0n) is 13.6. The minimum atomic E-state index is -0.222. The van der Waals surface area contributed by atoms with Crippen LogP contribution in [0.15, 0.2) is 0 Å². The Morgan fingerprint density at radius 3 is 2.26 bits per heavy atom. The molecule has 0 aromatic carbocycles. The second kappa shape index (κ2) is 5.68. The Morgan fingerprint density at radius 1 is 1.26 bits per heavy atom. The van der Waals surface area contributed by atoms with E-state index in [2.05, 4.69) is 39.5 Å². The molecule has 1 aliphatic heterocycles. The first-order chi connectivity index (χ1) is 8.48. The van der Waals surface area contributed by atoms with E-state index in [0.29, 0.717) is 13.3 Å². The first-order valence-corrected chi connectivity index (χ1v) is 7.07. The summed E-state index contributed by atoms with van der Waals surface area (Å²) in [6, 6.07) is 0. The Bertz CT molecular complexity index is 294. The van der Waals surface area contributed by atoms with Gasteiger partial charge in [-0.2, -0.15) is 0 Å². The van der Waals surface area contributed by atoms with Gasteiger partial charge in [-0.15, -0.1) is 0 Å². The predicted octanol–water partition coefficient (Wildman–Crippen LogP) is 2.46. The van der Waals surface area contributed by atoms with Gasteiger partial charge in [0.2, 0.25) is 0 Å². The van der Waals surface area contributed by atoms with Crippen LogP contribution in [-0.4, -0.2) is 48.3 Å². The Labute approximate surface area is 118 Å². The van der Waals surface area contributed by atoms with Crippen LogP contribution in [0, 0.1) is 10.8 Å². The first-order valence-electron chi connectivity index (χ1n) is 7.07. The summed E-state index contributed by atoms with van der Waals surface area (Å²) in [5.41, 5.74) is -0.176. The molecular formula is C15H31NO3. The second-order valence-electron chi connectivity index (χ2n) is 8.12. The lowest BCUT2D eigenvalue weighted by Gasteiger charge is -2.48. The van der Waals surface area contributed by atoms with Gasteiger partial charge >= 0.3 is 0 Å². The van der Waals surface area contributed by atoms with Crippen molar-refractivity contribution in [3.8, 4) is 0 Å². The molecule has 1 heterocycles. The minimum absolute atomic E-state index is 0.0585. The summed E-state index contributed by atoms with van der Waals surface area (Å²) in [5.74, 6) is 0. The van der Waals surface area contributed by atoms with E-state index in [4.69, 9.17) is 9.47 Å². The van der Waals surface area contributed by atoms with Crippen molar-refractivity contribution in [1.82, 2.24) is 4.90 Å². The van der Waals surface area contributed by atoms with Crippen molar-refractivity contribution in [2.45, 2.75) is 60.3 Å². The van der Waals surface area contributed by atoms with Crippen molar-refractivity contribution in [3.05, 3.63) is 0 Å². The van der Waals surface area contributed by atoms with Crippen LogP contribution in [-0.2, 0) is 9.47 Å². The summed E-state index contributed by atoms with van der Waals surface area (Å²) >= 11 is 0. The molecular weight excluding hydrogens is 242 g/mol. The molecule has 0 aromatic heterocycles. The van der Waals surface area contributed by atoms with Crippen LogP contribution in [0.1, 0.15) is 48.5 Å². The van der Waals surface area contributed by atoms with Gasteiger partial charge in [-0.05, 0) is 20.8 Å². The van der Waals surface area contributed by atoms with Gasteiger partial charge < -0.3 is 14.6 Å². The number of hydrogen-bond acceptors (Lipinski definition) is 4. The van der Waals surface area contributed by atoms with Gasteiger partial charge in [0.15, 0.2) is 6.29 Å². The van der Waals surface area contributed by atoms with Crippen molar-refractivity contribution in [3.63, 3.8) is 0 Å². The largest absolute Gasteiger partial charge is 0.396 e. The lowest BCUT2D eigenvalue weighted by Crippen LogP contribution is -2.57. The van der Waals surface area contributed by atoms with E-state index in [1.165, 1.54) is 0 Å². The van der Waals surface area contributed by atoms with Crippen LogP contribution in [0.25, 0.3) is 0 Å². The Kier molecular flexibility index (Phi) is 5.05. The zero-order valence-corrected chi connectivity index (χ0v) is 13.6. The highest BCUT2D eigenvalue weighted by molar-refractivity contribution is 4.86. The van der Waals surface area contributed by atoms with Crippen molar-refractivity contribution >= 4 is 0 Å². The lowest BCUT2D eigenvalue weighted by molar-refractivity contribution is -0.272. The molecule has 0 aliphatic carbocycles. The maximum Gasteiger partial charge on any atom is 0.165 e. The van der Waals surface area contributed by atoms with Gasteiger partial charge in [0, 0.05) is 22.9 Å². The highest BCUT2D eigenvalue weighted by Crippen LogP contribution is 2.34. The van der Waals surface area contributed by atoms with Crippen molar-refractivity contribution in [2.24, 2.45) is 10.8 Å². The maximum atomic E-state index is 9.27. The molecule has 0 amide bonds. The van der Waals surface area contributed by atoms with E-state index in [0.717, 1.165) is 6.54 Å². The molecule has 4 heteroatoms. The number of aliphatic hydroxyl groups excluding tert-OH is 1. The predicted molar refractivity (Wildman–Crippen MR) is 76.8 cm³/mol. The van der Waals surface area contributed by atoms with Crippen molar-refractivity contribution in [2.75, 3.05) is 26.5 Å². The first kappa shape index (κ1) is 16.9. The number of nitrogens with zero attached hydrogens (tertiary/aromatic N) is 1. The van der Waals surface area contributed by atoms with E-state index in [1.807, 2.05) is 13.8 Å². The number of aliphatic hydroxyl groups is 1. The highest BCUT2D eigenvalue weighted by atomic mass is 16.7. The van der Waals surface area contributed by atoms with Crippen LogP contribution in [0.2, 0.25) is 0 Å². The van der Waals surface area contributed by atoms with Crippen LogP contribution in [0.4, 0.5) is 0 Å². The third-order valence-corrected chi connectivity index (χ3v) is 3.62. The molecule has 1 rings (SSSR count). The normalized spacial score (nSPS) is 25.6. The quantitative estimate of drug-likeness (QED) is 0.854. The summed E-state index contributed by atoms with van der Waals surface area (Å²) in [6.45, 7) is 17.1. The Hall–Kier alpha value is -0.160. The zero-order chi connectivity index (χ0) is 14.9. The Balaban J connectivity index is 2.60. The fraction of sp³-hybridized carbons (Fsp3) is 1.00. The van der Waals surface area contributed by atoms with Crippen LogP contribution < -0.4 is 0 Å². The van der Waals surface area contributed by atoms with Gasteiger partial charge in [0.05, 0.1) is 13.2 Å². The summed E-state index contributed by atoms with van der Waals surface area (Å²) in [7, 11) is 0. The number of ether oxygens (including phenoxy) is 2. The van der Waals surface area contributed by atoms with Crippen molar-refractivity contribution in [1.29, 1.82) is 0 Å². The van der Waals surface area contributed by atoms with E-state index in [9.17, 15) is 5.11 Å². The van der Waals surface area contributed by atoms with Gasteiger partial charge in [-0.3, -0.25) is 4.90 Å². The van der Waals surface area contributed by atoms with Crippen LogP contribution in [0.5, 0.6) is 0 Å².